The van der Waals surface area contributed by atoms with Crippen molar-refractivity contribution < 1.29 is 17.9 Å². The summed E-state index contributed by atoms with van der Waals surface area (Å²) in [5.41, 5.74) is 1.19. The van der Waals surface area contributed by atoms with Crippen LogP contribution in [0.4, 0.5) is 5.69 Å². The lowest BCUT2D eigenvalue weighted by molar-refractivity contribution is -0.115. The fourth-order valence-corrected chi connectivity index (χ4v) is 6.52. The molecule has 0 aromatic heterocycles. The first kappa shape index (κ1) is 24.3. The van der Waals surface area contributed by atoms with Crippen molar-refractivity contribution in [1.29, 1.82) is 0 Å². The molecule has 3 aromatic rings. The summed E-state index contributed by atoms with van der Waals surface area (Å²) >= 11 is 1.44. The highest BCUT2D eigenvalue weighted by Crippen LogP contribution is 2.37. The summed E-state index contributed by atoms with van der Waals surface area (Å²) in [5, 5.41) is 2.40. The largest absolute Gasteiger partial charge is 0.495 e. The summed E-state index contributed by atoms with van der Waals surface area (Å²) in [6, 6.07) is 23.9. The third kappa shape index (κ3) is 5.63. The number of benzene rings is 3. The summed E-state index contributed by atoms with van der Waals surface area (Å²) in [6.45, 7) is 1.03. The Labute approximate surface area is 205 Å². The van der Waals surface area contributed by atoms with E-state index in [1.165, 1.54) is 35.3 Å². The SMILES string of the molecule is COc1ccc(S(=O)(=O)N2CCCCC2)cc1NC(=O)[C@H](Sc1ccccc1)c1ccccc1. The predicted octanol–water partition coefficient (Wildman–Crippen LogP) is 5.34. The summed E-state index contributed by atoms with van der Waals surface area (Å²) in [6.07, 6.45) is 2.75. The van der Waals surface area contributed by atoms with Crippen molar-refractivity contribution >= 4 is 33.4 Å². The van der Waals surface area contributed by atoms with Gasteiger partial charge in [-0.1, -0.05) is 55.0 Å². The standard InChI is InChI=1S/C26H28N2O4S2/c1-32-24-16-15-22(34(30,31)28-17-9-4-10-18-28)19-23(24)27-26(29)25(20-11-5-2-6-12-20)33-21-13-7-3-8-14-21/h2-3,5-8,11-16,19,25H,4,9-10,17-18H2,1H3,(H,27,29)/t25-/m1/s1. The van der Waals surface area contributed by atoms with Crippen molar-refractivity contribution in [2.24, 2.45) is 0 Å². The molecule has 0 unspecified atom stereocenters. The molecule has 1 aliphatic heterocycles. The highest BCUT2D eigenvalue weighted by molar-refractivity contribution is 8.00. The summed E-state index contributed by atoms with van der Waals surface area (Å²) in [7, 11) is -2.15. The Morgan fingerprint density at radius 2 is 1.59 bits per heavy atom. The highest BCUT2D eigenvalue weighted by atomic mass is 32.2. The molecule has 1 heterocycles. The number of methoxy groups -OCH3 is 1. The first-order chi connectivity index (χ1) is 16.5. The van der Waals surface area contributed by atoms with Crippen molar-refractivity contribution in [3.63, 3.8) is 0 Å². The quantitative estimate of drug-likeness (QED) is 0.426. The van der Waals surface area contributed by atoms with Gasteiger partial charge in [0.15, 0.2) is 0 Å². The molecule has 3 aromatic carbocycles. The molecule has 0 spiro atoms. The van der Waals surface area contributed by atoms with Crippen molar-refractivity contribution in [2.75, 3.05) is 25.5 Å². The smallest absolute Gasteiger partial charge is 0.243 e. The highest BCUT2D eigenvalue weighted by Gasteiger charge is 2.28. The van der Waals surface area contributed by atoms with Gasteiger partial charge in [0.25, 0.3) is 0 Å². The van der Waals surface area contributed by atoms with Gasteiger partial charge in [-0.25, -0.2) is 8.42 Å². The molecule has 0 radical (unpaired) electrons. The predicted molar refractivity (Wildman–Crippen MR) is 136 cm³/mol. The van der Waals surface area contributed by atoms with Crippen LogP contribution in [0.5, 0.6) is 5.75 Å². The molecule has 8 heteroatoms. The number of hydrogen-bond acceptors (Lipinski definition) is 5. The van der Waals surface area contributed by atoms with Crippen LogP contribution < -0.4 is 10.1 Å². The van der Waals surface area contributed by atoms with Crippen LogP contribution in [0, 0.1) is 0 Å². The van der Waals surface area contributed by atoms with Gasteiger partial charge >= 0.3 is 0 Å². The van der Waals surface area contributed by atoms with Crippen molar-refractivity contribution in [2.45, 2.75) is 34.3 Å². The van der Waals surface area contributed by atoms with Gasteiger partial charge in [-0.15, -0.1) is 11.8 Å². The van der Waals surface area contributed by atoms with Crippen molar-refractivity contribution in [1.82, 2.24) is 4.31 Å². The monoisotopic (exact) mass is 496 g/mol. The molecule has 1 N–H and O–H groups in total. The molecule has 1 atom stereocenters. The second kappa shape index (κ2) is 11.1. The molecule has 4 rings (SSSR count). The van der Waals surface area contributed by atoms with Crippen LogP contribution in [0.15, 0.2) is 88.7 Å². The van der Waals surface area contributed by atoms with E-state index in [0.717, 1.165) is 29.7 Å². The number of sulfonamides is 1. The summed E-state index contributed by atoms with van der Waals surface area (Å²) in [5.74, 6) is 0.147. The zero-order chi connectivity index (χ0) is 24.0. The first-order valence-electron chi connectivity index (χ1n) is 11.2. The molecule has 1 fully saturated rings. The lowest BCUT2D eigenvalue weighted by Gasteiger charge is -2.26. The van der Waals surface area contributed by atoms with Gasteiger partial charge < -0.3 is 10.1 Å². The number of carbonyl (C=O) groups is 1. The minimum atomic E-state index is -3.64. The number of hydrogen-bond donors (Lipinski definition) is 1. The molecular weight excluding hydrogens is 468 g/mol. The van der Waals surface area contributed by atoms with E-state index >= 15 is 0 Å². The van der Waals surface area contributed by atoms with Gasteiger partial charge in [0, 0.05) is 18.0 Å². The zero-order valence-electron chi connectivity index (χ0n) is 19.0. The number of amides is 1. The number of anilines is 1. The lowest BCUT2D eigenvalue weighted by Crippen LogP contribution is -2.35. The van der Waals surface area contributed by atoms with E-state index in [1.54, 1.807) is 6.07 Å². The lowest BCUT2D eigenvalue weighted by atomic mass is 10.1. The molecule has 178 valence electrons. The molecule has 1 amide bonds. The van der Waals surface area contributed by atoms with E-state index in [9.17, 15) is 13.2 Å². The third-order valence-electron chi connectivity index (χ3n) is 5.72. The van der Waals surface area contributed by atoms with Gasteiger partial charge in [0.05, 0.1) is 17.7 Å². The van der Waals surface area contributed by atoms with Gasteiger partial charge in [-0.05, 0) is 48.7 Å². The fourth-order valence-electron chi connectivity index (χ4n) is 3.93. The Kier molecular flexibility index (Phi) is 7.92. The van der Waals surface area contributed by atoms with Crippen LogP contribution >= 0.6 is 11.8 Å². The Morgan fingerprint density at radius 3 is 2.24 bits per heavy atom. The molecule has 0 bridgehead atoms. The van der Waals surface area contributed by atoms with Crippen molar-refractivity contribution in [3.05, 3.63) is 84.4 Å². The zero-order valence-corrected chi connectivity index (χ0v) is 20.6. The minimum absolute atomic E-state index is 0.150. The number of ether oxygens (including phenoxy) is 1. The van der Waals surface area contributed by atoms with Gasteiger partial charge in [0.1, 0.15) is 11.0 Å². The van der Waals surface area contributed by atoms with E-state index < -0.39 is 15.3 Å². The van der Waals surface area contributed by atoms with Gasteiger partial charge in [-0.3, -0.25) is 4.79 Å². The summed E-state index contributed by atoms with van der Waals surface area (Å²) < 4.78 is 33.3. The second-order valence-corrected chi connectivity index (χ2v) is 11.2. The number of piperidine rings is 1. The van der Waals surface area contributed by atoms with E-state index in [4.69, 9.17) is 4.74 Å². The summed E-state index contributed by atoms with van der Waals surface area (Å²) in [4.78, 5) is 14.6. The number of carbonyl (C=O) groups excluding carboxylic acids is 1. The van der Waals surface area contributed by atoms with Crippen LogP contribution in [0.25, 0.3) is 0 Å². The maximum Gasteiger partial charge on any atom is 0.243 e. The Balaban J connectivity index is 1.63. The third-order valence-corrected chi connectivity index (χ3v) is 8.88. The van der Waals surface area contributed by atoms with E-state index in [0.29, 0.717) is 24.5 Å². The number of rotatable bonds is 8. The number of nitrogens with one attached hydrogen (secondary N) is 1. The minimum Gasteiger partial charge on any atom is -0.495 e. The number of thioether (sulfide) groups is 1. The second-order valence-electron chi connectivity index (χ2n) is 8.04. The maximum absolute atomic E-state index is 13.5. The van der Waals surface area contributed by atoms with E-state index in [1.807, 2.05) is 60.7 Å². The van der Waals surface area contributed by atoms with Crippen LogP contribution in [-0.4, -0.2) is 38.8 Å². The fraction of sp³-hybridized carbons (Fsp3) is 0.269. The molecule has 0 saturated carbocycles. The Morgan fingerprint density at radius 1 is 0.941 bits per heavy atom. The van der Waals surface area contributed by atoms with Crippen molar-refractivity contribution in [3.8, 4) is 5.75 Å². The average molecular weight is 497 g/mol. The average Bonchev–Trinajstić information content (AvgIpc) is 2.88. The molecule has 1 saturated heterocycles. The van der Waals surface area contributed by atoms with Crippen LogP contribution in [-0.2, 0) is 14.8 Å². The normalized spacial score (nSPS) is 15.4. The molecule has 34 heavy (non-hydrogen) atoms. The molecule has 0 aliphatic carbocycles. The molecule has 6 nitrogen and oxygen atoms in total. The van der Waals surface area contributed by atoms with E-state index in [2.05, 4.69) is 5.32 Å². The van der Waals surface area contributed by atoms with Crippen LogP contribution in [0.3, 0.4) is 0 Å². The Hall–Kier alpha value is -2.81. The number of nitrogens with zero attached hydrogens (tertiary/aromatic N) is 1. The van der Waals surface area contributed by atoms with Crippen LogP contribution in [0.2, 0.25) is 0 Å². The maximum atomic E-state index is 13.5. The first-order valence-corrected chi connectivity index (χ1v) is 13.6. The topological polar surface area (TPSA) is 75.7 Å². The van der Waals surface area contributed by atoms with E-state index in [-0.39, 0.29) is 10.8 Å². The molecular formula is C26H28N2O4S2. The van der Waals surface area contributed by atoms with Gasteiger partial charge in [0.2, 0.25) is 15.9 Å². The van der Waals surface area contributed by atoms with Crippen LogP contribution in [0.1, 0.15) is 30.1 Å². The molecule has 1 aliphatic rings. The Bertz CT molecular complexity index is 1210. The van der Waals surface area contributed by atoms with Gasteiger partial charge in [-0.2, -0.15) is 4.31 Å².